The molecule has 2 aromatic heterocycles. The SMILES string of the molecule is CC1(C)CCC(CN2CCN(c3ccc(S(N)(=O)=O)c(Oc4cnc5[nH]ccc5c4)c3)CC2)=C(c2ccc(Cl)cc2)C1. The van der Waals surface area contributed by atoms with Crippen molar-refractivity contribution in [3.05, 3.63) is 83.2 Å². The molecule has 3 N–H and O–H groups in total. The molecule has 220 valence electrons. The molecular formula is C32H36ClN5O3S. The van der Waals surface area contributed by atoms with Crippen LogP contribution in [0.25, 0.3) is 16.6 Å². The van der Waals surface area contributed by atoms with Gasteiger partial charge in [0, 0.05) is 61.1 Å². The fraction of sp³-hybridized carbons (Fsp3) is 0.344. The Morgan fingerprint density at radius 1 is 1.05 bits per heavy atom. The summed E-state index contributed by atoms with van der Waals surface area (Å²) in [5.74, 6) is 0.631. The Morgan fingerprint density at radius 3 is 2.55 bits per heavy atom. The smallest absolute Gasteiger partial charge is 0.241 e. The summed E-state index contributed by atoms with van der Waals surface area (Å²) < 4.78 is 30.8. The van der Waals surface area contributed by atoms with Crippen LogP contribution in [-0.4, -0.2) is 56.0 Å². The van der Waals surface area contributed by atoms with Crippen LogP contribution in [0, 0.1) is 5.41 Å². The van der Waals surface area contributed by atoms with Gasteiger partial charge in [-0.05, 0) is 72.2 Å². The highest BCUT2D eigenvalue weighted by molar-refractivity contribution is 7.89. The minimum atomic E-state index is -3.99. The van der Waals surface area contributed by atoms with E-state index in [1.54, 1.807) is 24.5 Å². The van der Waals surface area contributed by atoms with Crippen molar-refractivity contribution in [2.75, 3.05) is 37.6 Å². The average Bonchev–Trinajstić information content (AvgIpc) is 3.42. The molecule has 0 unspecified atom stereocenters. The predicted molar refractivity (Wildman–Crippen MR) is 169 cm³/mol. The third-order valence-corrected chi connectivity index (χ3v) is 9.57. The van der Waals surface area contributed by atoms with Crippen molar-refractivity contribution in [1.82, 2.24) is 14.9 Å². The van der Waals surface area contributed by atoms with Gasteiger partial charge >= 0.3 is 0 Å². The van der Waals surface area contributed by atoms with Crippen molar-refractivity contribution in [1.29, 1.82) is 0 Å². The van der Waals surface area contributed by atoms with Crippen LogP contribution in [-0.2, 0) is 10.0 Å². The molecule has 3 heterocycles. The van der Waals surface area contributed by atoms with E-state index in [-0.39, 0.29) is 16.1 Å². The first-order valence-electron chi connectivity index (χ1n) is 14.3. The quantitative estimate of drug-likeness (QED) is 0.251. The monoisotopic (exact) mass is 605 g/mol. The molecule has 10 heteroatoms. The van der Waals surface area contributed by atoms with Crippen molar-refractivity contribution in [3.63, 3.8) is 0 Å². The van der Waals surface area contributed by atoms with Gasteiger partial charge in [0.15, 0.2) is 0 Å². The minimum Gasteiger partial charge on any atom is -0.454 e. The highest BCUT2D eigenvalue weighted by atomic mass is 35.5. The molecule has 2 aliphatic rings. The lowest BCUT2D eigenvalue weighted by Gasteiger charge is -2.39. The van der Waals surface area contributed by atoms with E-state index < -0.39 is 10.0 Å². The van der Waals surface area contributed by atoms with E-state index in [1.807, 2.05) is 24.3 Å². The number of nitrogens with zero attached hydrogens (tertiary/aromatic N) is 3. The largest absolute Gasteiger partial charge is 0.454 e. The van der Waals surface area contributed by atoms with Gasteiger partial charge in [0.25, 0.3) is 0 Å². The van der Waals surface area contributed by atoms with Crippen LogP contribution >= 0.6 is 11.6 Å². The van der Waals surface area contributed by atoms with E-state index in [9.17, 15) is 8.42 Å². The summed E-state index contributed by atoms with van der Waals surface area (Å²) in [5, 5.41) is 7.17. The normalized spacial score (nSPS) is 18.0. The fourth-order valence-corrected chi connectivity index (χ4v) is 6.77. The summed E-state index contributed by atoms with van der Waals surface area (Å²) in [6.45, 7) is 9.11. The van der Waals surface area contributed by atoms with Gasteiger partial charge in [-0.15, -0.1) is 0 Å². The van der Waals surface area contributed by atoms with Crippen molar-refractivity contribution >= 4 is 43.9 Å². The molecule has 42 heavy (non-hydrogen) atoms. The molecule has 4 aromatic rings. The predicted octanol–water partition coefficient (Wildman–Crippen LogP) is 6.44. The van der Waals surface area contributed by atoms with Gasteiger partial charge in [0.2, 0.25) is 10.0 Å². The van der Waals surface area contributed by atoms with Gasteiger partial charge in [0.05, 0.1) is 6.20 Å². The third kappa shape index (κ3) is 6.34. The first kappa shape index (κ1) is 28.7. The summed E-state index contributed by atoms with van der Waals surface area (Å²) in [6, 6.07) is 17.1. The highest BCUT2D eigenvalue weighted by Crippen LogP contribution is 2.43. The van der Waals surface area contributed by atoms with Gasteiger partial charge in [-0.25, -0.2) is 18.5 Å². The number of ether oxygens (including phenoxy) is 1. The van der Waals surface area contributed by atoms with Crippen LogP contribution in [0.1, 0.15) is 38.7 Å². The number of hydrogen-bond acceptors (Lipinski definition) is 6. The Kier molecular flexibility index (Phi) is 7.78. The Hall–Kier alpha value is -3.37. The van der Waals surface area contributed by atoms with Crippen molar-refractivity contribution in [3.8, 4) is 11.5 Å². The van der Waals surface area contributed by atoms with E-state index in [0.29, 0.717) is 5.75 Å². The molecule has 1 aliphatic carbocycles. The number of aromatic nitrogens is 2. The number of rotatable bonds is 7. The van der Waals surface area contributed by atoms with Gasteiger partial charge in [0.1, 0.15) is 22.0 Å². The van der Waals surface area contributed by atoms with E-state index in [1.165, 1.54) is 29.2 Å². The molecule has 1 aliphatic heterocycles. The maximum atomic E-state index is 12.4. The Labute approximate surface area is 252 Å². The molecular weight excluding hydrogens is 570 g/mol. The van der Waals surface area contributed by atoms with E-state index >= 15 is 0 Å². The number of anilines is 1. The lowest BCUT2D eigenvalue weighted by Crippen LogP contribution is -2.47. The standard InChI is InChI=1S/C32H36ClN5O3S/c1-32(2)11-9-24(28(19-32)22-3-5-25(33)6-4-22)21-37-13-15-38(16-14-37)26-7-8-30(42(34,39)40)29(18-26)41-27-17-23-10-12-35-31(23)36-20-27/h3-8,10,12,17-18,20H,9,11,13-16,19,21H2,1-2H3,(H,35,36)(H2,34,39,40). The van der Waals surface area contributed by atoms with Gasteiger partial charge in [-0.2, -0.15) is 0 Å². The van der Waals surface area contributed by atoms with Crippen molar-refractivity contribution in [2.24, 2.45) is 10.6 Å². The van der Waals surface area contributed by atoms with Crippen LogP contribution in [0.2, 0.25) is 5.02 Å². The summed E-state index contributed by atoms with van der Waals surface area (Å²) in [5.41, 5.74) is 6.16. The van der Waals surface area contributed by atoms with Gasteiger partial charge in [-0.1, -0.05) is 43.2 Å². The van der Waals surface area contributed by atoms with E-state index in [4.69, 9.17) is 21.5 Å². The second kappa shape index (κ2) is 11.4. The van der Waals surface area contributed by atoms with Crippen LogP contribution in [0.3, 0.4) is 0 Å². The topological polar surface area (TPSA) is 105 Å². The number of piperazine rings is 1. The number of halogens is 1. The van der Waals surface area contributed by atoms with Crippen molar-refractivity contribution in [2.45, 2.75) is 38.0 Å². The molecule has 2 aromatic carbocycles. The lowest BCUT2D eigenvalue weighted by molar-refractivity contribution is 0.264. The van der Waals surface area contributed by atoms with Crippen LogP contribution < -0.4 is 14.8 Å². The maximum absolute atomic E-state index is 12.4. The van der Waals surface area contributed by atoms with E-state index in [0.717, 1.165) is 67.3 Å². The zero-order valence-electron chi connectivity index (χ0n) is 23.9. The summed E-state index contributed by atoms with van der Waals surface area (Å²) in [6.07, 6.45) is 6.71. The molecule has 8 nitrogen and oxygen atoms in total. The number of nitrogens with two attached hydrogens (primary N) is 1. The molecule has 0 saturated carbocycles. The molecule has 1 fully saturated rings. The number of fused-ring (bicyclic) bond motifs is 1. The first-order valence-corrected chi connectivity index (χ1v) is 16.2. The summed E-state index contributed by atoms with van der Waals surface area (Å²) in [7, 11) is -3.99. The fourth-order valence-electron chi connectivity index (χ4n) is 6.01. The number of hydrogen-bond donors (Lipinski definition) is 2. The average molecular weight is 606 g/mol. The number of nitrogens with one attached hydrogen (secondary N) is 1. The number of sulfonamides is 1. The Morgan fingerprint density at radius 2 is 1.81 bits per heavy atom. The van der Waals surface area contributed by atoms with Gasteiger partial charge < -0.3 is 14.6 Å². The highest BCUT2D eigenvalue weighted by Gasteiger charge is 2.29. The second-order valence-corrected chi connectivity index (χ2v) is 14.0. The summed E-state index contributed by atoms with van der Waals surface area (Å²) >= 11 is 6.18. The zero-order valence-corrected chi connectivity index (χ0v) is 25.5. The van der Waals surface area contributed by atoms with Crippen LogP contribution in [0.5, 0.6) is 11.5 Å². The molecule has 0 amide bonds. The van der Waals surface area contributed by atoms with Gasteiger partial charge in [-0.3, -0.25) is 4.90 Å². The molecule has 6 rings (SSSR count). The lowest BCUT2D eigenvalue weighted by atomic mass is 9.72. The first-order chi connectivity index (χ1) is 20.0. The molecule has 0 radical (unpaired) electrons. The number of H-pyrrole nitrogens is 1. The minimum absolute atomic E-state index is 0.0547. The second-order valence-electron chi connectivity index (χ2n) is 12.1. The van der Waals surface area contributed by atoms with Crippen LogP contribution in [0.15, 0.2) is 77.5 Å². The molecule has 0 bridgehead atoms. The Balaban J connectivity index is 1.19. The number of primary sulfonamides is 1. The molecule has 0 atom stereocenters. The summed E-state index contributed by atoms with van der Waals surface area (Å²) in [4.78, 5) is 12.1. The number of aromatic amines is 1. The molecule has 0 spiro atoms. The third-order valence-electron chi connectivity index (χ3n) is 8.37. The maximum Gasteiger partial charge on any atom is 0.241 e. The van der Waals surface area contributed by atoms with Crippen LogP contribution in [0.4, 0.5) is 5.69 Å². The molecule has 1 saturated heterocycles. The van der Waals surface area contributed by atoms with E-state index in [2.05, 4.69) is 45.7 Å². The number of pyridine rings is 1. The zero-order chi connectivity index (χ0) is 29.5. The Bertz CT molecular complexity index is 1740. The number of allylic oxidation sites excluding steroid dienone is 1. The number of benzene rings is 2. The van der Waals surface area contributed by atoms with Crippen molar-refractivity contribution < 1.29 is 13.2 Å².